The summed E-state index contributed by atoms with van der Waals surface area (Å²) in [7, 11) is 0. The lowest BCUT2D eigenvalue weighted by molar-refractivity contribution is 0.0560. The Morgan fingerprint density at radius 1 is 1.28 bits per heavy atom. The molecule has 0 heterocycles. The van der Waals surface area contributed by atoms with E-state index in [0.29, 0.717) is 5.92 Å². The smallest absolute Gasteiger partial charge is 0.0616 e. The number of aliphatic hydroxyl groups is 1. The van der Waals surface area contributed by atoms with Gasteiger partial charge in [0.05, 0.1) is 6.61 Å². The van der Waals surface area contributed by atoms with Gasteiger partial charge in [-0.1, -0.05) is 44.2 Å². The first kappa shape index (κ1) is 13.6. The molecule has 1 fully saturated rings. The van der Waals surface area contributed by atoms with Crippen molar-refractivity contribution in [2.24, 2.45) is 11.8 Å². The summed E-state index contributed by atoms with van der Waals surface area (Å²) in [4.78, 5) is 0. The lowest BCUT2D eigenvalue weighted by atomic mass is 9.70. The fourth-order valence-electron chi connectivity index (χ4n) is 3.12. The monoisotopic (exact) mass is 247 g/mol. The predicted octanol–water partition coefficient (Wildman–Crippen LogP) is 2.96. The Balaban J connectivity index is 2.00. The minimum atomic E-state index is -0.0810. The van der Waals surface area contributed by atoms with Crippen LogP contribution < -0.4 is 5.32 Å². The van der Waals surface area contributed by atoms with Crippen LogP contribution in [0, 0.1) is 11.8 Å². The molecule has 3 atom stereocenters. The molecule has 100 valence electrons. The molecule has 1 aromatic rings. The van der Waals surface area contributed by atoms with Crippen LogP contribution in [0.1, 0.15) is 38.7 Å². The molecule has 3 unspecified atom stereocenters. The molecule has 18 heavy (non-hydrogen) atoms. The van der Waals surface area contributed by atoms with E-state index in [0.717, 1.165) is 18.9 Å². The molecule has 0 aromatic heterocycles. The molecule has 0 spiro atoms. The molecule has 1 saturated carbocycles. The maximum Gasteiger partial charge on any atom is 0.0616 e. The fourth-order valence-corrected chi connectivity index (χ4v) is 3.12. The summed E-state index contributed by atoms with van der Waals surface area (Å²) in [5, 5.41) is 13.4. The van der Waals surface area contributed by atoms with Crippen LogP contribution in [-0.4, -0.2) is 17.3 Å². The number of hydrogen-bond acceptors (Lipinski definition) is 2. The molecule has 2 rings (SSSR count). The third-order valence-corrected chi connectivity index (χ3v) is 4.55. The van der Waals surface area contributed by atoms with Crippen molar-refractivity contribution < 1.29 is 5.11 Å². The highest BCUT2D eigenvalue weighted by atomic mass is 16.3. The van der Waals surface area contributed by atoms with E-state index in [1.54, 1.807) is 0 Å². The van der Waals surface area contributed by atoms with E-state index in [1.807, 2.05) is 6.07 Å². The first-order chi connectivity index (χ1) is 8.66. The molecular weight excluding hydrogens is 222 g/mol. The lowest BCUT2D eigenvalue weighted by Gasteiger charge is -2.44. The maximum absolute atomic E-state index is 9.81. The van der Waals surface area contributed by atoms with Crippen molar-refractivity contribution in [1.29, 1.82) is 0 Å². The highest BCUT2D eigenvalue weighted by Crippen LogP contribution is 2.36. The number of nitrogens with one attached hydrogen (secondary N) is 1. The second-order valence-corrected chi connectivity index (χ2v) is 5.93. The van der Waals surface area contributed by atoms with E-state index in [1.165, 1.54) is 18.4 Å². The molecule has 2 N–H and O–H groups in total. The molecule has 2 heteroatoms. The van der Waals surface area contributed by atoms with Gasteiger partial charge in [-0.2, -0.15) is 0 Å². The summed E-state index contributed by atoms with van der Waals surface area (Å²) in [6.07, 6.45) is 3.51. The van der Waals surface area contributed by atoms with Crippen LogP contribution >= 0.6 is 0 Å². The van der Waals surface area contributed by atoms with Gasteiger partial charge in [-0.3, -0.25) is 0 Å². The summed E-state index contributed by atoms with van der Waals surface area (Å²) in [5.41, 5.74) is 1.21. The van der Waals surface area contributed by atoms with Crippen molar-refractivity contribution in [1.82, 2.24) is 5.32 Å². The Morgan fingerprint density at radius 3 is 2.61 bits per heavy atom. The van der Waals surface area contributed by atoms with Crippen molar-refractivity contribution in [3.8, 4) is 0 Å². The number of rotatable bonds is 4. The second-order valence-electron chi connectivity index (χ2n) is 5.93. The Bertz CT molecular complexity index is 365. The van der Waals surface area contributed by atoms with Gasteiger partial charge in [-0.25, -0.2) is 0 Å². The normalized spacial score (nSPS) is 32.4. The Kier molecular flexibility index (Phi) is 4.41. The van der Waals surface area contributed by atoms with E-state index in [2.05, 4.69) is 43.4 Å². The zero-order valence-corrected chi connectivity index (χ0v) is 11.5. The van der Waals surface area contributed by atoms with Crippen LogP contribution in [0.25, 0.3) is 0 Å². The van der Waals surface area contributed by atoms with E-state index in [9.17, 15) is 5.11 Å². The summed E-state index contributed by atoms with van der Waals surface area (Å²) >= 11 is 0. The first-order valence-electron chi connectivity index (χ1n) is 7.06. The molecule has 1 aliphatic carbocycles. The Morgan fingerprint density at radius 2 is 2.00 bits per heavy atom. The van der Waals surface area contributed by atoms with Gasteiger partial charge >= 0.3 is 0 Å². The Labute approximate surface area is 110 Å². The van der Waals surface area contributed by atoms with E-state index in [4.69, 9.17) is 0 Å². The molecule has 0 aliphatic heterocycles. The fraction of sp³-hybridized carbons (Fsp3) is 0.625. The Hall–Kier alpha value is -0.860. The van der Waals surface area contributed by atoms with Crippen molar-refractivity contribution in [3.05, 3.63) is 35.9 Å². The minimum Gasteiger partial charge on any atom is -0.394 e. The third-order valence-electron chi connectivity index (χ3n) is 4.55. The largest absolute Gasteiger partial charge is 0.394 e. The summed E-state index contributed by atoms with van der Waals surface area (Å²) in [6, 6.07) is 10.4. The topological polar surface area (TPSA) is 32.3 Å². The van der Waals surface area contributed by atoms with Gasteiger partial charge < -0.3 is 10.4 Å². The average molecular weight is 247 g/mol. The van der Waals surface area contributed by atoms with E-state index in [-0.39, 0.29) is 12.1 Å². The average Bonchev–Trinajstić information content (AvgIpc) is 2.40. The summed E-state index contributed by atoms with van der Waals surface area (Å²) < 4.78 is 0. The van der Waals surface area contributed by atoms with Crippen LogP contribution in [0.4, 0.5) is 0 Å². The van der Waals surface area contributed by atoms with Crippen LogP contribution in [0.2, 0.25) is 0 Å². The standard InChI is InChI=1S/C16H25NO/c1-13-8-9-16(12-18,14(2)10-13)17-11-15-6-4-3-5-7-15/h3-7,13-14,17-18H,8-12H2,1-2H3. The van der Waals surface area contributed by atoms with Crippen molar-refractivity contribution in [3.63, 3.8) is 0 Å². The van der Waals surface area contributed by atoms with Gasteiger partial charge in [-0.15, -0.1) is 0 Å². The van der Waals surface area contributed by atoms with Crippen LogP contribution in [-0.2, 0) is 6.54 Å². The van der Waals surface area contributed by atoms with Crippen LogP contribution in [0.3, 0.4) is 0 Å². The first-order valence-corrected chi connectivity index (χ1v) is 7.06. The minimum absolute atomic E-state index is 0.0810. The lowest BCUT2D eigenvalue weighted by Crippen LogP contribution is -2.55. The molecule has 0 radical (unpaired) electrons. The molecule has 1 aliphatic rings. The highest BCUT2D eigenvalue weighted by Gasteiger charge is 2.39. The number of benzene rings is 1. The molecule has 0 bridgehead atoms. The summed E-state index contributed by atoms with van der Waals surface area (Å²) in [5.74, 6) is 1.33. The second kappa shape index (κ2) is 5.85. The molecule has 1 aromatic carbocycles. The quantitative estimate of drug-likeness (QED) is 0.857. The van der Waals surface area contributed by atoms with Gasteiger partial charge in [0, 0.05) is 12.1 Å². The van der Waals surface area contributed by atoms with Gasteiger partial charge in [-0.05, 0) is 36.7 Å². The van der Waals surface area contributed by atoms with Crippen molar-refractivity contribution in [2.75, 3.05) is 6.61 Å². The number of aliphatic hydroxyl groups excluding tert-OH is 1. The van der Waals surface area contributed by atoms with Crippen LogP contribution in [0.15, 0.2) is 30.3 Å². The zero-order valence-electron chi connectivity index (χ0n) is 11.5. The third kappa shape index (κ3) is 2.93. The summed E-state index contributed by atoms with van der Waals surface area (Å²) in [6.45, 7) is 5.67. The SMILES string of the molecule is CC1CCC(CO)(NCc2ccccc2)C(C)C1. The zero-order chi connectivity index (χ0) is 13.0. The van der Waals surface area contributed by atoms with Gasteiger partial charge in [0.1, 0.15) is 0 Å². The number of hydrogen-bond donors (Lipinski definition) is 2. The molecule has 0 amide bonds. The molecule has 2 nitrogen and oxygen atoms in total. The van der Waals surface area contributed by atoms with E-state index < -0.39 is 0 Å². The van der Waals surface area contributed by atoms with Gasteiger partial charge in [0.25, 0.3) is 0 Å². The molecule has 0 saturated heterocycles. The van der Waals surface area contributed by atoms with Crippen molar-refractivity contribution in [2.45, 2.75) is 45.2 Å². The van der Waals surface area contributed by atoms with Crippen LogP contribution in [0.5, 0.6) is 0 Å². The van der Waals surface area contributed by atoms with E-state index >= 15 is 0 Å². The predicted molar refractivity (Wildman–Crippen MR) is 75.3 cm³/mol. The molecular formula is C16H25NO. The van der Waals surface area contributed by atoms with Crippen molar-refractivity contribution >= 4 is 0 Å². The van der Waals surface area contributed by atoms with Gasteiger partial charge in [0.15, 0.2) is 0 Å². The maximum atomic E-state index is 9.81. The highest BCUT2D eigenvalue weighted by molar-refractivity contribution is 5.15. The van der Waals surface area contributed by atoms with Gasteiger partial charge in [0.2, 0.25) is 0 Å².